The van der Waals surface area contributed by atoms with E-state index in [1.54, 1.807) is 6.20 Å². The van der Waals surface area contributed by atoms with Crippen molar-refractivity contribution in [1.29, 1.82) is 0 Å². The molecular formula is C10H10F3N3S. The van der Waals surface area contributed by atoms with Crippen LogP contribution in [-0.2, 0) is 6.54 Å². The normalized spacial score (nSPS) is 12.2. The number of rotatable bonds is 2. The Kier molecular flexibility index (Phi) is 2.94. The van der Waals surface area contributed by atoms with Crippen LogP contribution < -0.4 is 0 Å². The highest BCUT2D eigenvalue weighted by Gasteiger charge is 2.27. The third-order valence-corrected chi connectivity index (χ3v) is 2.69. The number of alkyl halides is 3. The third kappa shape index (κ3) is 2.66. The Morgan fingerprint density at radius 1 is 1.47 bits per heavy atom. The van der Waals surface area contributed by atoms with E-state index in [0.717, 1.165) is 5.56 Å². The molecule has 0 aliphatic rings. The molecule has 2 heterocycles. The van der Waals surface area contributed by atoms with Crippen molar-refractivity contribution in [2.24, 2.45) is 0 Å². The van der Waals surface area contributed by atoms with Crippen LogP contribution >= 0.6 is 12.2 Å². The van der Waals surface area contributed by atoms with Crippen molar-refractivity contribution in [3.63, 3.8) is 0 Å². The standard InChI is InChI=1S/C10H10F3N3S/c1-6-4-7-8(14-5-6)16(9(17)15-7)3-2-10(11,12)13/h4-5H,2-3H2,1H3,(H,15,17). The lowest BCUT2D eigenvalue weighted by molar-refractivity contribution is -0.136. The lowest BCUT2D eigenvalue weighted by Gasteiger charge is -2.07. The average molecular weight is 261 g/mol. The predicted molar refractivity (Wildman–Crippen MR) is 60.3 cm³/mol. The lowest BCUT2D eigenvalue weighted by atomic mass is 10.3. The highest BCUT2D eigenvalue weighted by molar-refractivity contribution is 7.71. The van der Waals surface area contributed by atoms with Gasteiger partial charge in [-0.15, -0.1) is 0 Å². The van der Waals surface area contributed by atoms with E-state index < -0.39 is 12.6 Å². The molecule has 92 valence electrons. The maximum atomic E-state index is 12.2. The first-order valence-corrected chi connectivity index (χ1v) is 5.39. The zero-order valence-corrected chi connectivity index (χ0v) is 9.82. The first kappa shape index (κ1) is 12.1. The summed E-state index contributed by atoms with van der Waals surface area (Å²) < 4.78 is 38.1. The Bertz CT molecular complexity index is 597. The third-order valence-electron chi connectivity index (χ3n) is 2.36. The van der Waals surface area contributed by atoms with E-state index >= 15 is 0 Å². The van der Waals surface area contributed by atoms with E-state index in [9.17, 15) is 13.2 Å². The summed E-state index contributed by atoms with van der Waals surface area (Å²) in [5.74, 6) is 0. The van der Waals surface area contributed by atoms with Gasteiger partial charge in [0.15, 0.2) is 10.4 Å². The molecule has 0 aromatic carbocycles. The molecule has 2 rings (SSSR count). The van der Waals surface area contributed by atoms with Crippen molar-refractivity contribution in [2.45, 2.75) is 26.1 Å². The number of pyridine rings is 1. The second-order valence-corrected chi connectivity index (χ2v) is 4.22. The molecule has 0 spiro atoms. The van der Waals surface area contributed by atoms with Gasteiger partial charge in [-0.2, -0.15) is 13.2 Å². The molecular weight excluding hydrogens is 251 g/mol. The van der Waals surface area contributed by atoms with E-state index in [2.05, 4.69) is 9.97 Å². The van der Waals surface area contributed by atoms with E-state index in [1.807, 2.05) is 13.0 Å². The summed E-state index contributed by atoms with van der Waals surface area (Å²) in [5.41, 5.74) is 2.05. The van der Waals surface area contributed by atoms with Gasteiger partial charge in [0.05, 0.1) is 11.9 Å². The van der Waals surface area contributed by atoms with Gasteiger partial charge in [-0.25, -0.2) is 4.98 Å². The Hall–Kier alpha value is -1.37. The molecule has 0 amide bonds. The first-order valence-electron chi connectivity index (χ1n) is 4.99. The summed E-state index contributed by atoms with van der Waals surface area (Å²) in [4.78, 5) is 6.95. The number of aromatic nitrogens is 3. The summed E-state index contributed by atoms with van der Waals surface area (Å²) in [6, 6.07) is 1.81. The molecule has 17 heavy (non-hydrogen) atoms. The van der Waals surface area contributed by atoms with E-state index in [1.165, 1.54) is 4.57 Å². The van der Waals surface area contributed by atoms with Gasteiger partial charge in [0.2, 0.25) is 0 Å². The average Bonchev–Trinajstić information content (AvgIpc) is 2.48. The van der Waals surface area contributed by atoms with Gasteiger partial charge in [0.1, 0.15) is 0 Å². The second kappa shape index (κ2) is 4.14. The molecule has 0 saturated heterocycles. The van der Waals surface area contributed by atoms with Gasteiger partial charge in [0.25, 0.3) is 0 Å². The molecule has 0 bridgehead atoms. The maximum absolute atomic E-state index is 12.2. The van der Waals surface area contributed by atoms with Crippen LogP contribution in [0.4, 0.5) is 13.2 Å². The monoisotopic (exact) mass is 261 g/mol. The molecule has 0 unspecified atom stereocenters. The SMILES string of the molecule is Cc1cnc2c(c1)[nH]c(=S)n2CCC(F)(F)F. The Balaban J connectivity index is 2.40. The maximum Gasteiger partial charge on any atom is 0.390 e. The second-order valence-electron chi connectivity index (χ2n) is 3.83. The topological polar surface area (TPSA) is 33.6 Å². The molecule has 0 atom stereocenters. The number of hydrogen-bond donors (Lipinski definition) is 1. The smallest absolute Gasteiger partial charge is 0.329 e. The zero-order chi connectivity index (χ0) is 12.6. The number of hydrogen-bond acceptors (Lipinski definition) is 2. The van der Waals surface area contributed by atoms with Crippen molar-refractivity contribution in [2.75, 3.05) is 0 Å². The van der Waals surface area contributed by atoms with Gasteiger partial charge >= 0.3 is 6.18 Å². The minimum atomic E-state index is -4.19. The van der Waals surface area contributed by atoms with Crippen molar-refractivity contribution in [3.8, 4) is 0 Å². The molecule has 3 nitrogen and oxygen atoms in total. The number of halogens is 3. The van der Waals surface area contributed by atoms with Crippen molar-refractivity contribution >= 4 is 23.4 Å². The van der Waals surface area contributed by atoms with Gasteiger partial charge in [0, 0.05) is 12.7 Å². The van der Waals surface area contributed by atoms with Gasteiger partial charge in [-0.05, 0) is 30.8 Å². The molecule has 7 heteroatoms. The summed E-state index contributed by atoms with van der Waals surface area (Å²) in [7, 11) is 0. The first-order chi connectivity index (χ1) is 7.87. The Labute approximate surface area is 100 Å². The highest BCUT2D eigenvalue weighted by Crippen LogP contribution is 2.22. The van der Waals surface area contributed by atoms with E-state index in [4.69, 9.17) is 12.2 Å². The van der Waals surface area contributed by atoms with Crippen LogP contribution in [0.3, 0.4) is 0 Å². The number of nitrogens with zero attached hydrogens (tertiary/aromatic N) is 2. The van der Waals surface area contributed by atoms with Crippen LogP contribution in [0.2, 0.25) is 0 Å². The van der Waals surface area contributed by atoms with Crippen LogP contribution in [0.25, 0.3) is 11.2 Å². The Morgan fingerprint density at radius 2 is 2.18 bits per heavy atom. The Morgan fingerprint density at radius 3 is 2.82 bits per heavy atom. The number of aryl methyl sites for hydroxylation is 2. The van der Waals surface area contributed by atoms with Gasteiger partial charge < -0.3 is 9.55 Å². The predicted octanol–water partition coefficient (Wildman–Crippen LogP) is 3.35. The summed E-state index contributed by atoms with van der Waals surface area (Å²) >= 11 is 4.98. The van der Waals surface area contributed by atoms with Crippen molar-refractivity contribution < 1.29 is 13.2 Å². The van der Waals surface area contributed by atoms with Crippen LogP contribution in [-0.4, -0.2) is 20.7 Å². The largest absolute Gasteiger partial charge is 0.390 e. The number of H-pyrrole nitrogens is 1. The van der Waals surface area contributed by atoms with Crippen LogP contribution in [0, 0.1) is 11.7 Å². The molecule has 0 fully saturated rings. The van der Waals surface area contributed by atoms with Gasteiger partial charge in [-0.3, -0.25) is 0 Å². The van der Waals surface area contributed by atoms with Crippen molar-refractivity contribution in [3.05, 3.63) is 22.6 Å². The fourth-order valence-corrected chi connectivity index (χ4v) is 1.88. The molecule has 2 aromatic rings. The van der Waals surface area contributed by atoms with E-state index in [0.29, 0.717) is 11.2 Å². The summed E-state index contributed by atoms with van der Waals surface area (Å²) in [5, 5.41) is 0. The number of fused-ring (bicyclic) bond motifs is 1. The molecule has 1 N–H and O–H groups in total. The fraction of sp³-hybridized carbons (Fsp3) is 0.400. The van der Waals surface area contributed by atoms with Crippen LogP contribution in [0.1, 0.15) is 12.0 Å². The molecule has 0 radical (unpaired) electrons. The zero-order valence-electron chi connectivity index (χ0n) is 9.01. The molecule has 0 aliphatic carbocycles. The number of aromatic amines is 1. The quantitative estimate of drug-likeness (QED) is 0.841. The lowest BCUT2D eigenvalue weighted by Crippen LogP contribution is -2.12. The molecule has 0 saturated carbocycles. The molecule has 0 aliphatic heterocycles. The van der Waals surface area contributed by atoms with Crippen molar-refractivity contribution in [1.82, 2.24) is 14.5 Å². The highest BCUT2D eigenvalue weighted by atomic mass is 32.1. The minimum Gasteiger partial charge on any atom is -0.329 e. The summed E-state index contributed by atoms with van der Waals surface area (Å²) in [6.07, 6.45) is -3.50. The number of nitrogens with one attached hydrogen (secondary N) is 1. The molecule has 2 aromatic heterocycles. The fourth-order valence-electron chi connectivity index (χ4n) is 1.59. The van der Waals surface area contributed by atoms with E-state index in [-0.39, 0.29) is 11.3 Å². The van der Waals surface area contributed by atoms with Crippen LogP contribution in [0.5, 0.6) is 0 Å². The van der Waals surface area contributed by atoms with Crippen LogP contribution in [0.15, 0.2) is 12.3 Å². The number of imidazole rings is 1. The summed E-state index contributed by atoms with van der Waals surface area (Å²) in [6.45, 7) is 1.65. The minimum absolute atomic E-state index is 0.210. The van der Waals surface area contributed by atoms with Gasteiger partial charge in [-0.1, -0.05) is 0 Å².